The van der Waals surface area contributed by atoms with E-state index in [-0.39, 0.29) is 12.2 Å². The molecule has 0 radical (unpaired) electrons. The number of aliphatic imine (C=N–C) groups is 1. The molecule has 6 nitrogen and oxygen atoms in total. The largest absolute Gasteiger partial charge is 0.357 e. The topological polar surface area (TPSA) is 65.4 Å². The third kappa shape index (κ3) is 3.75. The smallest absolute Gasteiger partial charge is 0.146 e. The molecule has 0 amide bonds. The Labute approximate surface area is 158 Å². The van der Waals surface area contributed by atoms with Crippen molar-refractivity contribution in [3.8, 4) is 0 Å². The van der Waals surface area contributed by atoms with E-state index in [1.807, 2.05) is 36.3 Å². The number of nitrogens with one attached hydrogen (secondary N) is 2. The van der Waals surface area contributed by atoms with Crippen molar-refractivity contribution >= 4 is 23.3 Å². The van der Waals surface area contributed by atoms with Crippen LogP contribution < -0.4 is 10.6 Å². The maximum Gasteiger partial charge on any atom is 0.146 e. The van der Waals surface area contributed by atoms with Crippen LogP contribution in [0.1, 0.15) is 25.2 Å². The number of fused-ring (bicyclic) bond motifs is 1. The van der Waals surface area contributed by atoms with Crippen molar-refractivity contribution in [2.75, 3.05) is 25.4 Å². The van der Waals surface area contributed by atoms with E-state index < -0.39 is 0 Å². The van der Waals surface area contributed by atoms with Crippen LogP contribution in [0.3, 0.4) is 0 Å². The minimum Gasteiger partial charge on any atom is -0.357 e. The minimum absolute atomic E-state index is 0.173. The zero-order valence-electron chi connectivity index (χ0n) is 14.9. The summed E-state index contributed by atoms with van der Waals surface area (Å²) < 4.78 is 0. The van der Waals surface area contributed by atoms with Crippen molar-refractivity contribution in [3.05, 3.63) is 48.5 Å². The molecule has 3 heterocycles. The van der Waals surface area contributed by atoms with Crippen LogP contribution in [0.2, 0.25) is 0 Å². The van der Waals surface area contributed by atoms with Gasteiger partial charge in [-0.05, 0) is 24.6 Å². The molecule has 136 valence electrons. The maximum atomic E-state index is 4.84. The first kappa shape index (κ1) is 17.5. The van der Waals surface area contributed by atoms with Crippen LogP contribution in [0.5, 0.6) is 0 Å². The molecule has 0 spiro atoms. The van der Waals surface area contributed by atoms with E-state index in [0.717, 1.165) is 49.2 Å². The number of piperazine rings is 1. The highest BCUT2D eigenvalue weighted by Gasteiger charge is 2.31. The number of benzene rings is 1. The Hall–Kier alpha value is -1.96. The molecule has 0 bridgehead atoms. The van der Waals surface area contributed by atoms with Crippen LogP contribution in [0.4, 0.5) is 5.69 Å². The van der Waals surface area contributed by atoms with Crippen molar-refractivity contribution in [3.63, 3.8) is 0 Å². The molecule has 0 saturated carbocycles. The van der Waals surface area contributed by atoms with Gasteiger partial charge in [-0.2, -0.15) is 0 Å². The Kier molecular flexibility index (Phi) is 5.48. The number of amidine groups is 1. The second-order valence-corrected chi connectivity index (χ2v) is 7.47. The lowest BCUT2D eigenvalue weighted by atomic mass is 10.1. The highest BCUT2D eigenvalue weighted by atomic mass is 32.2. The van der Waals surface area contributed by atoms with Gasteiger partial charge in [0.25, 0.3) is 0 Å². The molecule has 2 N–H and O–H groups in total. The first-order chi connectivity index (χ1) is 12.8. The molecular formula is C19H24N6S. The first-order valence-electron chi connectivity index (χ1n) is 9.14. The number of hydrogen-bond donors (Lipinski definition) is 2. The molecule has 2 aliphatic rings. The van der Waals surface area contributed by atoms with Crippen LogP contribution in [-0.4, -0.2) is 52.3 Å². The molecule has 26 heavy (non-hydrogen) atoms. The third-order valence-corrected chi connectivity index (χ3v) is 5.85. The van der Waals surface area contributed by atoms with E-state index in [1.165, 1.54) is 4.90 Å². The van der Waals surface area contributed by atoms with E-state index >= 15 is 0 Å². The van der Waals surface area contributed by atoms with Crippen molar-refractivity contribution < 1.29 is 0 Å². The monoisotopic (exact) mass is 368 g/mol. The van der Waals surface area contributed by atoms with E-state index in [9.17, 15) is 0 Å². The summed E-state index contributed by atoms with van der Waals surface area (Å²) in [5, 5.41) is 7.16. The predicted molar refractivity (Wildman–Crippen MR) is 106 cm³/mol. The quantitative estimate of drug-likeness (QED) is 0.865. The highest BCUT2D eigenvalue weighted by Crippen LogP contribution is 2.33. The van der Waals surface area contributed by atoms with Gasteiger partial charge < -0.3 is 10.6 Å². The summed E-state index contributed by atoms with van der Waals surface area (Å²) >= 11 is 1.84. The molecule has 1 aromatic heterocycles. The molecule has 1 saturated heterocycles. The van der Waals surface area contributed by atoms with Crippen molar-refractivity contribution in [1.82, 2.24) is 25.5 Å². The normalized spacial score (nSPS) is 21.6. The molecule has 1 fully saturated rings. The summed E-state index contributed by atoms with van der Waals surface area (Å²) in [6, 6.07) is 10.4. The molecule has 4 rings (SSSR count). The standard InChI is InChI=1S/C19H24N6S/c1-2-18(24-17-13-26-16-7-4-3-6-14(16)23-17)25-11-10-20-12-15(25)19-21-8-5-9-22-19/h3-9,15,18,20H,2,10-13H2,1H3,(H,23,24). The first-order valence-corrected chi connectivity index (χ1v) is 10.1. The van der Waals surface area contributed by atoms with Gasteiger partial charge in [0.1, 0.15) is 11.7 Å². The molecular weight excluding hydrogens is 344 g/mol. The van der Waals surface area contributed by atoms with Gasteiger partial charge in [0.05, 0.1) is 23.6 Å². The van der Waals surface area contributed by atoms with E-state index in [4.69, 9.17) is 4.99 Å². The minimum atomic E-state index is 0.173. The van der Waals surface area contributed by atoms with Crippen molar-refractivity contribution in [2.45, 2.75) is 30.4 Å². The van der Waals surface area contributed by atoms with Gasteiger partial charge in [0.15, 0.2) is 0 Å². The van der Waals surface area contributed by atoms with Gasteiger partial charge in [-0.25, -0.2) is 15.0 Å². The summed E-state index contributed by atoms with van der Waals surface area (Å²) in [4.78, 5) is 17.5. The molecule has 2 unspecified atom stereocenters. The zero-order chi connectivity index (χ0) is 17.8. The van der Waals surface area contributed by atoms with Gasteiger partial charge in [-0.15, -0.1) is 11.8 Å². The molecule has 2 atom stereocenters. The van der Waals surface area contributed by atoms with Crippen LogP contribution in [0.15, 0.2) is 52.6 Å². The number of para-hydroxylation sites is 1. The highest BCUT2D eigenvalue weighted by molar-refractivity contribution is 8.00. The van der Waals surface area contributed by atoms with Gasteiger partial charge in [-0.3, -0.25) is 4.90 Å². The van der Waals surface area contributed by atoms with E-state index in [0.29, 0.717) is 0 Å². The molecule has 0 aliphatic carbocycles. The lowest BCUT2D eigenvalue weighted by molar-refractivity contribution is 0.0889. The number of rotatable bonds is 4. The Morgan fingerprint density at radius 1 is 1.27 bits per heavy atom. The lowest BCUT2D eigenvalue weighted by Gasteiger charge is -2.41. The molecule has 2 aliphatic heterocycles. The molecule has 1 aromatic carbocycles. The van der Waals surface area contributed by atoms with Crippen LogP contribution in [0.25, 0.3) is 0 Å². The average Bonchev–Trinajstić information content (AvgIpc) is 2.72. The summed E-state index contributed by atoms with van der Waals surface area (Å²) in [7, 11) is 0. The number of aromatic nitrogens is 2. The van der Waals surface area contributed by atoms with E-state index in [1.54, 1.807) is 0 Å². The fraction of sp³-hybridized carbons (Fsp3) is 0.421. The van der Waals surface area contributed by atoms with Crippen molar-refractivity contribution in [1.29, 1.82) is 0 Å². The third-order valence-electron chi connectivity index (χ3n) is 4.77. The Balaban J connectivity index is 1.53. The number of nitrogens with zero attached hydrogens (tertiary/aromatic N) is 4. The van der Waals surface area contributed by atoms with E-state index in [2.05, 4.69) is 50.6 Å². The predicted octanol–water partition coefficient (Wildman–Crippen LogP) is 2.58. The Morgan fingerprint density at radius 2 is 2.12 bits per heavy atom. The second-order valence-electron chi connectivity index (χ2n) is 6.45. The van der Waals surface area contributed by atoms with Gasteiger partial charge >= 0.3 is 0 Å². The molecule has 7 heteroatoms. The summed E-state index contributed by atoms with van der Waals surface area (Å²) in [6.07, 6.45) is 4.86. The van der Waals surface area contributed by atoms with Gasteiger partial charge in [-0.1, -0.05) is 19.1 Å². The number of hydrogen-bond acceptors (Lipinski definition) is 7. The Bertz CT molecular complexity index is 766. The van der Waals surface area contributed by atoms with Crippen LogP contribution >= 0.6 is 11.8 Å². The summed E-state index contributed by atoms with van der Waals surface area (Å²) in [6.45, 7) is 5.02. The maximum absolute atomic E-state index is 4.84. The Morgan fingerprint density at radius 3 is 2.96 bits per heavy atom. The number of thioether (sulfide) groups is 1. The zero-order valence-corrected chi connectivity index (χ0v) is 15.7. The van der Waals surface area contributed by atoms with Gasteiger partial charge in [0, 0.05) is 36.9 Å². The second kappa shape index (κ2) is 8.16. The summed E-state index contributed by atoms with van der Waals surface area (Å²) in [5.41, 5.74) is 1.06. The van der Waals surface area contributed by atoms with Gasteiger partial charge in [0.2, 0.25) is 0 Å². The lowest BCUT2D eigenvalue weighted by Crippen LogP contribution is -2.56. The average molecular weight is 369 g/mol. The summed E-state index contributed by atoms with van der Waals surface area (Å²) in [5.74, 6) is 2.81. The fourth-order valence-electron chi connectivity index (χ4n) is 3.50. The fourth-order valence-corrected chi connectivity index (χ4v) is 4.37. The van der Waals surface area contributed by atoms with Crippen LogP contribution in [-0.2, 0) is 0 Å². The molecule has 2 aromatic rings. The van der Waals surface area contributed by atoms with Crippen LogP contribution in [0, 0.1) is 0 Å². The SMILES string of the molecule is CCC(NC1=Nc2ccccc2SC1)N1CCNCC1c1ncccn1. The van der Waals surface area contributed by atoms with Crippen molar-refractivity contribution in [2.24, 2.45) is 4.99 Å².